The van der Waals surface area contributed by atoms with Gasteiger partial charge in [-0.05, 0) is 37.3 Å². The van der Waals surface area contributed by atoms with Gasteiger partial charge in [0.1, 0.15) is 5.75 Å². The van der Waals surface area contributed by atoms with E-state index in [0.717, 1.165) is 11.3 Å². The summed E-state index contributed by atoms with van der Waals surface area (Å²) < 4.78 is 12.7. The van der Waals surface area contributed by atoms with E-state index in [-0.39, 0.29) is 0 Å². The largest absolute Gasteiger partial charge is 0.544 e. The summed E-state index contributed by atoms with van der Waals surface area (Å²) in [6.07, 6.45) is 1.75. The minimum absolute atomic E-state index is 0.922. The van der Waals surface area contributed by atoms with Crippen LogP contribution in [0, 0.1) is 0 Å². The number of hydrogen-bond acceptors (Lipinski definition) is 1. The first-order valence-corrected chi connectivity index (χ1v) is 7.76. The van der Waals surface area contributed by atoms with Gasteiger partial charge in [-0.1, -0.05) is 24.8 Å². The Labute approximate surface area is 82.6 Å². The molecule has 0 heterocycles. The lowest BCUT2D eigenvalue weighted by Crippen LogP contribution is -2.29. The first-order chi connectivity index (χ1) is 6.51. The van der Waals surface area contributed by atoms with E-state index in [4.69, 9.17) is 5.80 Å². The van der Waals surface area contributed by atoms with Crippen LogP contribution in [-0.2, 0) is 0 Å². The van der Waals surface area contributed by atoms with Crippen LogP contribution < -0.4 is 4.43 Å². The molecule has 0 aliphatic heterocycles. The second-order valence-electron chi connectivity index (χ2n) is 3.95. The summed E-state index contributed by atoms with van der Waals surface area (Å²) in [5, 5.41) is 0. The van der Waals surface area contributed by atoms with Gasteiger partial charge in [-0.15, -0.1) is 0 Å². The molecule has 2 heteroatoms. The van der Waals surface area contributed by atoms with Crippen molar-refractivity contribution >= 4 is 14.4 Å². The van der Waals surface area contributed by atoms with Crippen LogP contribution in [0.15, 0.2) is 30.8 Å². The minimum Gasteiger partial charge on any atom is -0.544 e. The molecule has 0 radical (unpaired) electrons. The molecule has 1 aromatic carbocycles. The summed E-state index contributed by atoms with van der Waals surface area (Å²) in [5.74, 6) is 0.922. The van der Waals surface area contributed by atoms with Gasteiger partial charge >= 0.3 is 0 Å². The van der Waals surface area contributed by atoms with E-state index < -0.39 is 8.32 Å². The summed E-state index contributed by atoms with van der Waals surface area (Å²) in [4.78, 5) is 0. The lowest BCUT2D eigenvalue weighted by Gasteiger charge is -2.18. The fourth-order valence-electron chi connectivity index (χ4n) is 1.00. The molecule has 0 amide bonds. The molecule has 0 fully saturated rings. The molecule has 70 valence electrons. The predicted molar refractivity (Wildman–Crippen MR) is 60.5 cm³/mol. The summed E-state index contributed by atoms with van der Waals surface area (Å²) in [6.45, 7) is 7.76. The maximum atomic E-state index is 6.93. The summed E-state index contributed by atoms with van der Waals surface area (Å²) in [5.41, 5.74) is 1.03. The van der Waals surface area contributed by atoms with Crippen molar-refractivity contribution in [3.8, 4) is 5.75 Å². The maximum absolute atomic E-state index is 6.93. The van der Waals surface area contributed by atoms with Crippen molar-refractivity contribution in [3.05, 3.63) is 36.4 Å². The topological polar surface area (TPSA) is 9.23 Å². The van der Waals surface area contributed by atoms with Gasteiger partial charge in [-0.2, -0.15) is 0 Å². The standard InChI is InChI=1S/C11H16OSi/c1-5-10-6-8-11(9-7-10)12-13(2,3)4/h5-9H,1H2,2-4H3/i1D. The molecular weight excluding hydrogens is 176 g/mol. The molecule has 0 atom stereocenters. The van der Waals surface area contributed by atoms with E-state index in [2.05, 4.69) is 19.6 Å². The lowest BCUT2D eigenvalue weighted by molar-refractivity contribution is 0.557. The van der Waals surface area contributed by atoms with Crippen LogP contribution in [0.5, 0.6) is 5.75 Å². The Kier molecular flexibility index (Phi) is 2.50. The van der Waals surface area contributed by atoms with Gasteiger partial charge in [-0.3, -0.25) is 0 Å². The van der Waals surface area contributed by atoms with Crippen molar-refractivity contribution in [1.29, 1.82) is 0 Å². The number of hydrogen-bond donors (Lipinski definition) is 0. The molecule has 1 rings (SSSR count). The van der Waals surface area contributed by atoms with E-state index in [1.165, 1.54) is 6.55 Å². The zero-order valence-electron chi connectivity index (χ0n) is 9.37. The van der Waals surface area contributed by atoms with Gasteiger partial charge in [0.15, 0.2) is 0 Å². The van der Waals surface area contributed by atoms with E-state index in [9.17, 15) is 0 Å². The number of benzene rings is 1. The Morgan fingerprint density at radius 1 is 1.31 bits per heavy atom. The molecule has 13 heavy (non-hydrogen) atoms. The summed E-state index contributed by atoms with van der Waals surface area (Å²) in [7, 11) is -1.49. The van der Waals surface area contributed by atoms with Crippen LogP contribution in [0.2, 0.25) is 19.6 Å². The van der Waals surface area contributed by atoms with Crippen LogP contribution in [0.4, 0.5) is 0 Å². The summed E-state index contributed by atoms with van der Waals surface area (Å²) in [6, 6.07) is 7.82. The molecule has 1 aromatic rings. The minimum atomic E-state index is -1.49. The van der Waals surface area contributed by atoms with Gasteiger partial charge < -0.3 is 4.43 Å². The normalized spacial score (nSPS) is 13.0. The highest BCUT2D eigenvalue weighted by Gasteiger charge is 2.15. The third-order valence-electron chi connectivity index (χ3n) is 1.50. The van der Waals surface area contributed by atoms with Crippen molar-refractivity contribution in [2.75, 3.05) is 0 Å². The monoisotopic (exact) mass is 193 g/mol. The Balaban J connectivity index is 2.74. The van der Waals surface area contributed by atoms with Crippen molar-refractivity contribution < 1.29 is 5.80 Å². The fourth-order valence-corrected chi connectivity index (χ4v) is 1.84. The molecule has 0 saturated carbocycles. The van der Waals surface area contributed by atoms with Gasteiger partial charge in [-0.25, -0.2) is 0 Å². The Hall–Kier alpha value is -1.02. The zero-order chi connectivity index (χ0) is 10.6. The van der Waals surface area contributed by atoms with Crippen LogP contribution in [0.1, 0.15) is 6.93 Å². The second-order valence-corrected chi connectivity index (χ2v) is 8.38. The van der Waals surface area contributed by atoms with Gasteiger partial charge in [0.25, 0.3) is 0 Å². The highest BCUT2D eigenvalue weighted by molar-refractivity contribution is 6.70. The number of rotatable bonds is 3. The van der Waals surface area contributed by atoms with Crippen LogP contribution in [0.25, 0.3) is 6.08 Å². The van der Waals surface area contributed by atoms with Gasteiger partial charge in [0.2, 0.25) is 8.32 Å². The van der Waals surface area contributed by atoms with Gasteiger partial charge in [0.05, 0.1) is 1.37 Å². The van der Waals surface area contributed by atoms with E-state index in [0.29, 0.717) is 0 Å². The SMILES string of the molecule is [2H]C=Cc1ccc(O[Si](C)(C)C)cc1. The van der Waals surface area contributed by atoms with Crippen molar-refractivity contribution in [3.63, 3.8) is 0 Å². The molecular formula is C11H16OSi. The van der Waals surface area contributed by atoms with Crippen LogP contribution in [0.3, 0.4) is 0 Å². The zero-order valence-corrected chi connectivity index (χ0v) is 9.37. The van der Waals surface area contributed by atoms with E-state index in [1.54, 1.807) is 6.08 Å². The third kappa shape index (κ3) is 3.47. The molecule has 0 N–H and O–H groups in total. The van der Waals surface area contributed by atoms with Crippen molar-refractivity contribution in [2.45, 2.75) is 19.6 Å². The van der Waals surface area contributed by atoms with Crippen LogP contribution in [-0.4, -0.2) is 8.32 Å². The Morgan fingerprint density at radius 3 is 2.38 bits per heavy atom. The Bertz CT molecular complexity index is 311. The maximum Gasteiger partial charge on any atom is 0.242 e. The summed E-state index contributed by atoms with van der Waals surface area (Å²) >= 11 is 0. The smallest absolute Gasteiger partial charge is 0.242 e. The highest BCUT2D eigenvalue weighted by Crippen LogP contribution is 2.16. The molecule has 0 aliphatic carbocycles. The van der Waals surface area contributed by atoms with Crippen molar-refractivity contribution in [2.24, 2.45) is 0 Å². The highest BCUT2D eigenvalue weighted by atomic mass is 28.4. The van der Waals surface area contributed by atoms with E-state index >= 15 is 0 Å². The average Bonchev–Trinajstić information content (AvgIpc) is 2.06. The predicted octanol–water partition coefficient (Wildman–Crippen LogP) is 3.54. The fraction of sp³-hybridized carbons (Fsp3) is 0.273. The molecule has 0 saturated heterocycles. The molecule has 0 aromatic heterocycles. The molecule has 0 aliphatic rings. The Morgan fingerprint density at radius 2 is 1.92 bits per heavy atom. The van der Waals surface area contributed by atoms with E-state index in [1.807, 2.05) is 24.3 Å². The first kappa shape index (κ1) is 8.57. The molecule has 1 nitrogen and oxygen atoms in total. The molecule has 0 spiro atoms. The first-order valence-electron chi connectivity index (χ1n) is 4.93. The average molecular weight is 193 g/mol. The second kappa shape index (κ2) is 3.79. The molecule has 0 bridgehead atoms. The van der Waals surface area contributed by atoms with Crippen molar-refractivity contribution in [1.82, 2.24) is 0 Å². The molecule has 0 unspecified atom stereocenters. The van der Waals surface area contributed by atoms with Gasteiger partial charge in [0, 0.05) is 0 Å². The lowest BCUT2D eigenvalue weighted by atomic mass is 10.2. The third-order valence-corrected chi connectivity index (χ3v) is 2.34. The van der Waals surface area contributed by atoms with Crippen LogP contribution >= 0.6 is 0 Å². The quantitative estimate of drug-likeness (QED) is 0.667.